The van der Waals surface area contributed by atoms with Crippen molar-refractivity contribution in [3.05, 3.63) is 35.4 Å². The summed E-state index contributed by atoms with van der Waals surface area (Å²) in [5.74, 6) is -7.51. The number of ether oxygens (including phenoxy) is 6. The second-order valence-electron chi connectivity index (χ2n) is 11.2. The van der Waals surface area contributed by atoms with E-state index in [9.17, 15) is 33.6 Å². The van der Waals surface area contributed by atoms with Crippen molar-refractivity contribution < 1.29 is 71.7 Å². The molecule has 256 valence electrons. The lowest BCUT2D eigenvalue weighted by molar-refractivity contribution is -0.443. The van der Waals surface area contributed by atoms with Crippen molar-refractivity contribution in [3.63, 3.8) is 0 Å². The van der Waals surface area contributed by atoms with Gasteiger partial charge in [0.15, 0.2) is 42.3 Å². The molecule has 2 aliphatic heterocycles. The van der Waals surface area contributed by atoms with Gasteiger partial charge in [0.05, 0.1) is 12.0 Å². The van der Waals surface area contributed by atoms with E-state index < -0.39 is 103 Å². The summed E-state index contributed by atoms with van der Waals surface area (Å²) in [6.45, 7) is 6.53. The maximum absolute atomic E-state index is 14.0. The number of esters is 5. The summed E-state index contributed by atoms with van der Waals surface area (Å²) in [4.78, 5) is 101. The lowest BCUT2D eigenvalue weighted by atomic mass is 9.70. The van der Waals surface area contributed by atoms with Gasteiger partial charge in [-0.05, 0) is 6.92 Å². The molecule has 9 atom stereocenters. The van der Waals surface area contributed by atoms with Crippen LogP contribution in [0.25, 0.3) is 0 Å². The number of Topliss-reactive ketones (excluding diaryl/α,β-unsaturated/α-hetero) is 2. The van der Waals surface area contributed by atoms with Crippen molar-refractivity contribution in [1.29, 1.82) is 0 Å². The Morgan fingerprint density at radius 3 is 1.91 bits per heavy atom. The largest absolute Gasteiger partial charge is 0.462 e. The molecule has 1 aromatic rings. The van der Waals surface area contributed by atoms with Crippen molar-refractivity contribution >= 4 is 41.4 Å². The third-order valence-electron chi connectivity index (χ3n) is 7.76. The standard InChI is InChI=1S/C31H37NO15/c1-7-40-23-12-21(25-24-26(38)19-10-8-9-11-20(19)27(39)30(24)47-32(25)46-23)28(43-16(4)35)31(45-18(6)37)29(44-17(5)36)22(42-15(3)34)13-41-14(2)33/h8-11,21-25,28-31H,7,12-13H2,1-6H3/t21-,22+,23-,24+,25-,28?,29-,30+,31+/m0/s1. The quantitative estimate of drug-likeness (QED) is 0.229. The van der Waals surface area contributed by atoms with E-state index in [1.807, 2.05) is 0 Å². The van der Waals surface area contributed by atoms with Crippen LogP contribution in [0.4, 0.5) is 0 Å². The van der Waals surface area contributed by atoms with Gasteiger partial charge in [-0.25, -0.2) is 4.84 Å². The van der Waals surface area contributed by atoms with E-state index in [0.717, 1.165) is 39.8 Å². The average Bonchev–Trinajstić information content (AvgIpc) is 3.38. The Morgan fingerprint density at radius 2 is 1.36 bits per heavy atom. The van der Waals surface area contributed by atoms with Crippen LogP contribution >= 0.6 is 0 Å². The second-order valence-corrected chi connectivity index (χ2v) is 11.2. The zero-order valence-electron chi connectivity index (χ0n) is 26.7. The third-order valence-corrected chi connectivity index (χ3v) is 7.76. The first-order chi connectivity index (χ1) is 22.2. The van der Waals surface area contributed by atoms with Crippen LogP contribution in [0, 0.1) is 11.8 Å². The Hall–Kier alpha value is -4.25. The van der Waals surface area contributed by atoms with Crippen LogP contribution in [0.2, 0.25) is 0 Å². The summed E-state index contributed by atoms with van der Waals surface area (Å²) in [5, 5.41) is 0.968. The molecule has 2 heterocycles. The molecule has 2 saturated heterocycles. The van der Waals surface area contributed by atoms with Gasteiger partial charge in [-0.2, -0.15) is 0 Å². The molecule has 1 unspecified atom stereocenters. The number of carbonyl (C=O) groups is 7. The average molecular weight is 664 g/mol. The summed E-state index contributed by atoms with van der Waals surface area (Å²) >= 11 is 0. The van der Waals surface area contributed by atoms with Crippen molar-refractivity contribution in [2.75, 3.05) is 13.2 Å². The third kappa shape index (κ3) is 8.01. The minimum Gasteiger partial charge on any atom is -0.462 e. The fourth-order valence-corrected chi connectivity index (χ4v) is 6.22. The fraction of sp³-hybridized carbons (Fsp3) is 0.581. The fourth-order valence-electron chi connectivity index (χ4n) is 6.22. The molecule has 0 saturated carbocycles. The molecule has 0 bridgehead atoms. The van der Waals surface area contributed by atoms with Crippen molar-refractivity contribution in [3.8, 4) is 0 Å². The Labute approximate surface area is 269 Å². The lowest BCUT2D eigenvalue weighted by Crippen LogP contribution is -2.61. The molecule has 1 aromatic carbocycles. The Balaban J connectivity index is 1.87. The predicted octanol–water partition coefficient (Wildman–Crippen LogP) is 1.27. The van der Waals surface area contributed by atoms with Gasteiger partial charge >= 0.3 is 29.8 Å². The molecular formula is C31H37NO15. The Kier molecular flexibility index (Phi) is 11.4. The first-order valence-corrected chi connectivity index (χ1v) is 15.0. The minimum absolute atomic E-state index is 0.102. The van der Waals surface area contributed by atoms with Crippen LogP contribution in [-0.4, -0.2) is 103 Å². The summed E-state index contributed by atoms with van der Waals surface area (Å²) in [7, 11) is 0. The zero-order valence-corrected chi connectivity index (χ0v) is 26.7. The monoisotopic (exact) mass is 663 g/mol. The summed E-state index contributed by atoms with van der Waals surface area (Å²) in [5.41, 5.74) is 0.319. The normalized spacial score (nSPS) is 26.0. The highest BCUT2D eigenvalue weighted by molar-refractivity contribution is 6.17. The van der Waals surface area contributed by atoms with Crippen LogP contribution in [0.1, 0.15) is 68.7 Å². The smallest absolute Gasteiger partial charge is 0.303 e. The van der Waals surface area contributed by atoms with Gasteiger partial charge in [0, 0.05) is 64.7 Å². The maximum Gasteiger partial charge on any atom is 0.303 e. The maximum atomic E-state index is 14.0. The molecule has 0 N–H and O–H groups in total. The van der Waals surface area contributed by atoms with Crippen molar-refractivity contribution in [2.45, 2.75) is 90.8 Å². The molecule has 0 radical (unpaired) electrons. The van der Waals surface area contributed by atoms with Gasteiger partial charge in [-0.1, -0.05) is 29.5 Å². The number of benzene rings is 1. The van der Waals surface area contributed by atoms with Gasteiger partial charge in [-0.3, -0.25) is 38.4 Å². The van der Waals surface area contributed by atoms with E-state index in [-0.39, 0.29) is 24.2 Å². The topological polar surface area (TPSA) is 197 Å². The van der Waals surface area contributed by atoms with E-state index in [1.54, 1.807) is 19.1 Å². The van der Waals surface area contributed by atoms with Gasteiger partial charge < -0.3 is 28.4 Å². The van der Waals surface area contributed by atoms with Crippen LogP contribution in [-0.2, 0) is 62.1 Å². The van der Waals surface area contributed by atoms with Crippen molar-refractivity contribution in [2.24, 2.45) is 11.8 Å². The van der Waals surface area contributed by atoms with Crippen LogP contribution in [0.3, 0.4) is 0 Å². The molecule has 4 rings (SSSR count). The van der Waals surface area contributed by atoms with Crippen LogP contribution < -0.4 is 0 Å². The molecular weight excluding hydrogens is 626 g/mol. The molecule has 16 nitrogen and oxygen atoms in total. The van der Waals surface area contributed by atoms with E-state index in [2.05, 4.69) is 0 Å². The molecule has 47 heavy (non-hydrogen) atoms. The Bertz CT molecular complexity index is 1410. The zero-order chi connectivity index (χ0) is 34.6. The second kappa shape index (κ2) is 15.1. The van der Waals surface area contributed by atoms with E-state index in [4.69, 9.17) is 38.1 Å². The van der Waals surface area contributed by atoms with Gasteiger partial charge in [0.1, 0.15) is 12.7 Å². The number of ketones is 2. The van der Waals surface area contributed by atoms with Gasteiger partial charge in [-0.15, -0.1) is 0 Å². The van der Waals surface area contributed by atoms with Gasteiger partial charge in [0.25, 0.3) is 0 Å². The predicted molar refractivity (Wildman–Crippen MR) is 153 cm³/mol. The molecule has 0 amide bonds. The minimum atomic E-state index is -1.73. The number of hydrogen-bond donors (Lipinski definition) is 0. The number of nitrogens with zero attached hydrogens (tertiary/aromatic N) is 1. The molecule has 16 heteroatoms. The van der Waals surface area contributed by atoms with Crippen molar-refractivity contribution in [1.82, 2.24) is 5.23 Å². The van der Waals surface area contributed by atoms with Gasteiger partial charge in [0.2, 0.25) is 0 Å². The SMILES string of the molecule is CCO[C@@H]1C[C@H](C(OC(C)=O)[C@@H](OC(C)=O)[C@@H](OC(C)=O)[C@@H](COC(C)=O)OC(C)=O)[C@H]2[C@@H]3C(=O)c4ccccc4C(=O)[C@@H]3ON2O1. The number of fused-ring (bicyclic) bond motifs is 4. The highest BCUT2D eigenvalue weighted by atomic mass is 17.0. The molecule has 2 fully saturated rings. The number of carbonyl (C=O) groups excluding carboxylic acids is 7. The number of hydrogen-bond acceptors (Lipinski definition) is 16. The van der Waals surface area contributed by atoms with Crippen LogP contribution in [0.5, 0.6) is 0 Å². The lowest BCUT2D eigenvalue weighted by Gasteiger charge is -2.45. The molecule has 0 spiro atoms. The summed E-state index contributed by atoms with van der Waals surface area (Å²) < 4.78 is 33.2. The summed E-state index contributed by atoms with van der Waals surface area (Å²) in [6, 6.07) is 5.10. The van der Waals surface area contributed by atoms with E-state index in [0.29, 0.717) is 0 Å². The highest BCUT2D eigenvalue weighted by Crippen LogP contribution is 2.47. The highest BCUT2D eigenvalue weighted by Gasteiger charge is 2.63. The first-order valence-electron chi connectivity index (χ1n) is 15.0. The Morgan fingerprint density at radius 1 is 0.787 bits per heavy atom. The number of hydroxylamine groups is 2. The molecule has 3 aliphatic rings. The summed E-state index contributed by atoms with van der Waals surface area (Å²) in [6.07, 6.45) is -9.06. The number of rotatable bonds is 12. The molecule has 1 aliphatic carbocycles. The van der Waals surface area contributed by atoms with E-state index >= 15 is 0 Å². The molecule has 0 aromatic heterocycles. The first kappa shape index (κ1) is 35.6. The van der Waals surface area contributed by atoms with E-state index in [1.165, 1.54) is 12.1 Å². The van der Waals surface area contributed by atoms with Crippen LogP contribution in [0.15, 0.2) is 24.3 Å².